The third-order valence-electron chi connectivity index (χ3n) is 2.67. The molecule has 0 unspecified atom stereocenters. The fourth-order valence-corrected chi connectivity index (χ4v) is 1.37. The molecule has 1 aliphatic carbocycles. The maximum absolute atomic E-state index is 11.1. The second-order valence-electron chi connectivity index (χ2n) is 4.61. The number of benzene rings is 1. The fraction of sp³-hybridized carbons (Fsp3) is 0.438. The summed E-state index contributed by atoms with van der Waals surface area (Å²) in [5, 5.41) is 0. The first-order valence-electron chi connectivity index (χ1n) is 7.15. The third-order valence-corrected chi connectivity index (χ3v) is 2.67. The summed E-state index contributed by atoms with van der Waals surface area (Å²) in [6.45, 7) is 8.01. The van der Waals surface area contributed by atoms with E-state index in [1.807, 2.05) is 44.2 Å². The average molecular weight is 273 g/mol. The largest absolute Gasteiger partial charge is 0.348 e. The van der Waals surface area contributed by atoms with Crippen LogP contribution in [-0.4, -0.2) is 15.0 Å². The number of H-pyrrole nitrogens is 1. The molecule has 0 bridgehead atoms. The summed E-state index contributed by atoms with van der Waals surface area (Å²) in [6.07, 6.45) is 2.97. The normalized spacial score (nSPS) is 12.6. The van der Waals surface area contributed by atoms with E-state index >= 15 is 0 Å². The Morgan fingerprint density at radius 2 is 1.65 bits per heavy atom. The Labute approximate surface area is 120 Å². The summed E-state index contributed by atoms with van der Waals surface area (Å²) < 4.78 is 0. The first kappa shape index (κ1) is 16.1. The standard InChI is InChI=1S/C10H9N3O.C4H8.C2H6/c1-7-11-9(13-10(14)12-7)8-5-3-2-4-6-8;1-4-2-3-4;1-2/h2-6H,1H3,(H,11,12,13,14);4H,2-3H2,1H3;1-2H3. The number of hydrogen-bond donors (Lipinski definition) is 1. The van der Waals surface area contributed by atoms with E-state index in [2.05, 4.69) is 21.9 Å². The molecule has 1 N–H and O–H groups in total. The molecule has 0 aliphatic heterocycles. The zero-order valence-corrected chi connectivity index (χ0v) is 12.7. The molecule has 1 saturated carbocycles. The monoisotopic (exact) mass is 273 g/mol. The zero-order chi connectivity index (χ0) is 15.0. The summed E-state index contributed by atoms with van der Waals surface area (Å²) in [5.41, 5.74) is 0.484. The number of nitrogens with one attached hydrogen (secondary N) is 1. The van der Waals surface area contributed by atoms with Crippen LogP contribution in [0.1, 0.15) is 39.4 Å². The van der Waals surface area contributed by atoms with Gasteiger partial charge >= 0.3 is 5.69 Å². The van der Waals surface area contributed by atoms with Crippen molar-refractivity contribution in [2.24, 2.45) is 5.92 Å². The number of nitrogens with zero attached hydrogens (tertiary/aromatic N) is 2. The van der Waals surface area contributed by atoms with Gasteiger partial charge in [0.05, 0.1) is 0 Å². The molecule has 0 atom stereocenters. The topological polar surface area (TPSA) is 58.6 Å². The van der Waals surface area contributed by atoms with Gasteiger partial charge in [0, 0.05) is 5.56 Å². The van der Waals surface area contributed by atoms with Crippen LogP contribution >= 0.6 is 0 Å². The molecule has 0 spiro atoms. The van der Waals surface area contributed by atoms with Crippen molar-refractivity contribution in [3.8, 4) is 11.4 Å². The van der Waals surface area contributed by atoms with Crippen molar-refractivity contribution < 1.29 is 0 Å². The van der Waals surface area contributed by atoms with E-state index in [9.17, 15) is 4.79 Å². The molecule has 2 aromatic rings. The fourth-order valence-electron chi connectivity index (χ4n) is 1.37. The molecule has 1 heterocycles. The lowest BCUT2D eigenvalue weighted by Gasteiger charge is -1.98. The van der Waals surface area contributed by atoms with Crippen LogP contribution in [0.4, 0.5) is 0 Å². The summed E-state index contributed by atoms with van der Waals surface area (Å²) in [7, 11) is 0. The summed E-state index contributed by atoms with van der Waals surface area (Å²) >= 11 is 0. The van der Waals surface area contributed by atoms with Crippen molar-refractivity contribution in [3.63, 3.8) is 0 Å². The minimum atomic E-state index is -0.364. The van der Waals surface area contributed by atoms with Gasteiger partial charge in [0.25, 0.3) is 0 Å². The van der Waals surface area contributed by atoms with Gasteiger partial charge in [0.1, 0.15) is 5.82 Å². The average Bonchev–Trinajstić information content (AvgIpc) is 3.24. The van der Waals surface area contributed by atoms with Gasteiger partial charge in [-0.2, -0.15) is 4.98 Å². The highest BCUT2D eigenvalue weighted by Gasteiger charge is 2.12. The Balaban J connectivity index is 0.000000281. The highest BCUT2D eigenvalue weighted by atomic mass is 16.1. The van der Waals surface area contributed by atoms with Crippen LogP contribution in [0.2, 0.25) is 0 Å². The molecule has 4 heteroatoms. The predicted molar refractivity (Wildman–Crippen MR) is 82.6 cm³/mol. The van der Waals surface area contributed by atoms with E-state index in [1.54, 1.807) is 6.92 Å². The summed E-state index contributed by atoms with van der Waals surface area (Å²) in [4.78, 5) is 21.5. The summed E-state index contributed by atoms with van der Waals surface area (Å²) in [6, 6.07) is 9.41. The zero-order valence-electron chi connectivity index (χ0n) is 12.7. The number of aromatic nitrogens is 3. The highest BCUT2D eigenvalue weighted by molar-refractivity contribution is 5.53. The Morgan fingerprint density at radius 3 is 2.10 bits per heavy atom. The van der Waals surface area contributed by atoms with Crippen molar-refractivity contribution in [1.82, 2.24) is 15.0 Å². The molecular formula is C16H23N3O. The van der Waals surface area contributed by atoms with E-state index < -0.39 is 0 Å². The van der Waals surface area contributed by atoms with E-state index in [1.165, 1.54) is 12.8 Å². The van der Waals surface area contributed by atoms with E-state index in [4.69, 9.17) is 0 Å². The van der Waals surface area contributed by atoms with Crippen molar-refractivity contribution in [1.29, 1.82) is 0 Å². The lowest BCUT2D eigenvalue weighted by molar-refractivity contribution is 0.935. The molecule has 1 aliphatic rings. The lowest BCUT2D eigenvalue weighted by Crippen LogP contribution is -2.14. The van der Waals surface area contributed by atoms with Crippen LogP contribution in [0.15, 0.2) is 35.1 Å². The first-order valence-corrected chi connectivity index (χ1v) is 7.15. The van der Waals surface area contributed by atoms with Crippen LogP contribution in [0.5, 0.6) is 0 Å². The van der Waals surface area contributed by atoms with Crippen LogP contribution in [0.25, 0.3) is 11.4 Å². The molecular weight excluding hydrogens is 250 g/mol. The second-order valence-corrected chi connectivity index (χ2v) is 4.61. The molecule has 1 aromatic heterocycles. The lowest BCUT2D eigenvalue weighted by atomic mass is 10.2. The van der Waals surface area contributed by atoms with Crippen LogP contribution < -0.4 is 5.69 Å². The van der Waals surface area contributed by atoms with Gasteiger partial charge in [0.15, 0.2) is 5.82 Å². The van der Waals surface area contributed by atoms with Crippen molar-refractivity contribution in [2.45, 2.75) is 40.5 Å². The Kier molecular flexibility index (Phi) is 6.64. The molecule has 1 fully saturated rings. The van der Waals surface area contributed by atoms with Gasteiger partial charge in [0.2, 0.25) is 0 Å². The minimum Gasteiger partial charge on any atom is -0.294 e. The van der Waals surface area contributed by atoms with E-state index in [0.717, 1.165) is 11.5 Å². The van der Waals surface area contributed by atoms with Gasteiger partial charge in [-0.3, -0.25) is 4.98 Å². The molecule has 0 saturated heterocycles. The van der Waals surface area contributed by atoms with Gasteiger partial charge in [-0.25, -0.2) is 9.78 Å². The molecule has 0 radical (unpaired) electrons. The quantitative estimate of drug-likeness (QED) is 0.864. The summed E-state index contributed by atoms with van der Waals surface area (Å²) in [5.74, 6) is 2.12. The minimum absolute atomic E-state index is 0.364. The molecule has 108 valence electrons. The van der Waals surface area contributed by atoms with Crippen molar-refractivity contribution in [2.75, 3.05) is 0 Å². The predicted octanol–water partition coefficient (Wildman–Crippen LogP) is 3.58. The Morgan fingerprint density at radius 1 is 1.10 bits per heavy atom. The molecule has 20 heavy (non-hydrogen) atoms. The van der Waals surface area contributed by atoms with E-state index in [0.29, 0.717) is 11.6 Å². The van der Waals surface area contributed by atoms with Crippen LogP contribution in [0.3, 0.4) is 0 Å². The van der Waals surface area contributed by atoms with Gasteiger partial charge in [-0.15, -0.1) is 0 Å². The first-order chi connectivity index (χ1) is 9.65. The van der Waals surface area contributed by atoms with Crippen molar-refractivity contribution in [3.05, 3.63) is 46.6 Å². The molecule has 0 amide bonds. The van der Waals surface area contributed by atoms with Crippen LogP contribution in [0, 0.1) is 12.8 Å². The number of rotatable bonds is 1. The molecule has 4 nitrogen and oxygen atoms in total. The number of aryl methyl sites for hydroxylation is 1. The third kappa shape index (κ3) is 5.78. The molecule has 1 aromatic carbocycles. The van der Waals surface area contributed by atoms with Gasteiger partial charge in [-0.1, -0.05) is 63.9 Å². The maximum Gasteiger partial charge on any atom is 0.348 e. The number of hydrogen-bond acceptors (Lipinski definition) is 3. The van der Waals surface area contributed by atoms with Gasteiger partial charge in [-0.05, 0) is 12.8 Å². The SMILES string of the molecule is CC.CC1CC1.Cc1nc(-c2ccccc2)nc(=O)[nH]1. The smallest absolute Gasteiger partial charge is 0.294 e. The van der Waals surface area contributed by atoms with Crippen LogP contribution in [-0.2, 0) is 0 Å². The van der Waals surface area contributed by atoms with Gasteiger partial charge < -0.3 is 0 Å². The second kappa shape index (κ2) is 8.25. The van der Waals surface area contributed by atoms with E-state index in [-0.39, 0.29) is 5.69 Å². The number of aromatic amines is 1. The maximum atomic E-state index is 11.1. The Hall–Kier alpha value is -1.97. The molecule has 3 rings (SSSR count). The van der Waals surface area contributed by atoms with Crippen molar-refractivity contribution >= 4 is 0 Å². The highest BCUT2D eigenvalue weighted by Crippen LogP contribution is 2.26. The Bertz CT molecular complexity index is 559.